The van der Waals surface area contributed by atoms with E-state index < -0.39 is 10.1 Å². The molecule has 0 unspecified atom stereocenters. The molecule has 0 saturated heterocycles. The molecule has 152 valence electrons. The van der Waals surface area contributed by atoms with Gasteiger partial charge >= 0.3 is 10.1 Å². The third-order valence-electron chi connectivity index (χ3n) is 4.05. The molecule has 1 amide bonds. The highest BCUT2D eigenvalue weighted by Crippen LogP contribution is 2.30. The van der Waals surface area contributed by atoms with Gasteiger partial charge in [0.2, 0.25) is 0 Å². The fourth-order valence-corrected chi connectivity index (χ4v) is 3.18. The first kappa shape index (κ1) is 21.6. The van der Waals surface area contributed by atoms with Crippen LogP contribution in [0, 0.1) is 0 Å². The topological polar surface area (TPSA) is 82.1 Å². The second-order valence-electron chi connectivity index (χ2n) is 6.50. The lowest BCUT2D eigenvalue weighted by atomic mass is 10.1. The van der Waals surface area contributed by atoms with E-state index in [9.17, 15) is 13.2 Å². The maximum Gasteiger partial charge on any atom is 0.306 e. The van der Waals surface area contributed by atoms with Crippen molar-refractivity contribution in [1.82, 2.24) is 4.90 Å². The molecular formula is C20H25NO6S. The summed E-state index contributed by atoms with van der Waals surface area (Å²) in [5, 5.41) is 0. The SMILES string of the molecule is COc1cccc(OC)c1C(=O)N(Cc1ccc(OS(C)(=O)=O)cc1)C(C)C. The van der Waals surface area contributed by atoms with E-state index in [0.29, 0.717) is 23.6 Å². The molecule has 0 aliphatic rings. The summed E-state index contributed by atoms with van der Waals surface area (Å²) >= 11 is 0. The maximum absolute atomic E-state index is 13.3. The molecule has 28 heavy (non-hydrogen) atoms. The summed E-state index contributed by atoms with van der Waals surface area (Å²) in [5.41, 5.74) is 1.19. The van der Waals surface area contributed by atoms with E-state index in [-0.39, 0.29) is 17.7 Å². The lowest BCUT2D eigenvalue weighted by Crippen LogP contribution is -2.36. The van der Waals surface area contributed by atoms with Crippen LogP contribution in [0.1, 0.15) is 29.8 Å². The molecule has 2 aromatic rings. The van der Waals surface area contributed by atoms with Crippen molar-refractivity contribution < 1.29 is 26.9 Å². The van der Waals surface area contributed by atoms with E-state index in [0.717, 1.165) is 11.8 Å². The van der Waals surface area contributed by atoms with Crippen molar-refractivity contribution in [3.8, 4) is 17.2 Å². The average Bonchev–Trinajstić information content (AvgIpc) is 2.64. The minimum Gasteiger partial charge on any atom is -0.496 e. The summed E-state index contributed by atoms with van der Waals surface area (Å²) in [6.45, 7) is 4.17. The molecule has 0 aromatic heterocycles. The van der Waals surface area contributed by atoms with Crippen molar-refractivity contribution in [3.63, 3.8) is 0 Å². The van der Waals surface area contributed by atoms with Crippen molar-refractivity contribution in [1.29, 1.82) is 0 Å². The molecule has 0 saturated carbocycles. The Morgan fingerprint density at radius 1 is 1.00 bits per heavy atom. The van der Waals surface area contributed by atoms with Crippen LogP contribution in [-0.4, -0.2) is 45.7 Å². The minimum absolute atomic E-state index is 0.0888. The van der Waals surface area contributed by atoms with Crippen LogP contribution in [0.3, 0.4) is 0 Å². The van der Waals surface area contributed by atoms with Gasteiger partial charge in [-0.2, -0.15) is 8.42 Å². The predicted molar refractivity (Wildman–Crippen MR) is 106 cm³/mol. The van der Waals surface area contributed by atoms with Gasteiger partial charge < -0.3 is 18.6 Å². The van der Waals surface area contributed by atoms with Gasteiger partial charge in [-0.15, -0.1) is 0 Å². The Morgan fingerprint density at radius 2 is 1.54 bits per heavy atom. The van der Waals surface area contributed by atoms with E-state index in [1.165, 1.54) is 14.2 Å². The summed E-state index contributed by atoms with van der Waals surface area (Å²) < 4.78 is 38.0. The molecule has 8 heteroatoms. The third-order valence-corrected chi connectivity index (χ3v) is 4.54. The van der Waals surface area contributed by atoms with Gasteiger partial charge in [0.15, 0.2) is 0 Å². The quantitative estimate of drug-likeness (QED) is 0.626. The van der Waals surface area contributed by atoms with Crippen LogP contribution in [0.15, 0.2) is 42.5 Å². The Kier molecular flexibility index (Phi) is 6.90. The standard InChI is InChI=1S/C20H25NO6S/c1-14(2)21(13-15-9-11-16(12-10-15)27-28(5,23)24)20(22)19-17(25-3)7-6-8-18(19)26-4/h6-12,14H,13H2,1-5H3. The highest BCUT2D eigenvalue weighted by molar-refractivity contribution is 7.86. The van der Waals surface area contributed by atoms with E-state index in [2.05, 4.69) is 0 Å². The zero-order valence-electron chi connectivity index (χ0n) is 16.6. The summed E-state index contributed by atoms with van der Waals surface area (Å²) in [6.07, 6.45) is 0.987. The first-order chi connectivity index (χ1) is 13.2. The average molecular weight is 407 g/mol. The van der Waals surface area contributed by atoms with Crippen LogP contribution in [0.25, 0.3) is 0 Å². The Balaban J connectivity index is 2.31. The second-order valence-corrected chi connectivity index (χ2v) is 8.07. The van der Waals surface area contributed by atoms with Crippen molar-refractivity contribution in [2.45, 2.75) is 26.4 Å². The Bertz CT molecular complexity index is 900. The van der Waals surface area contributed by atoms with E-state index >= 15 is 0 Å². The zero-order valence-corrected chi connectivity index (χ0v) is 17.4. The molecule has 0 fully saturated rings. The Hall–Kier alpha value is -2.74. The van der Waals surface area contributed by atoms with E-state index in [1.807, 2.05) is 13.8 Å². The Labute approximate surface area is 166 Å². The summed E-state index contributed by atoms with van der Waals surface area (Å²) in [4.78, 5) is 15.0. The smallest absolute Gasteiger partial charge is 0.306 e. The molecule has 0 aliphatic heterocycles. The lowest BCUT2D eigenvalue weighted by Gasteiger charge is -2.28. The zero-order chi connectivity index (χ0) is 20.9. The van der Waals surface area contributed by atoms with E-state index in [1.54, 1.807) is 47.4 Å². The Morgan fingerprint density at radius 3 is 1.96 bits per heavy atom. The van der Waals surface area contributed by atoms with E-state index in [4.69, 9.17) is 13.7 Å². The highest BCUT2D eigenvalue weighted by Gasteiger charge is 2.25. The van der Waals surface area contributed by atoms with Gasteiger partial charge in [0, 0.05) is 12.6 Å². The van der Waals surface area contributed by atoms with Gasteiger partial charge in [0.25, 0.3) is 5.91 Å². The number of methoxy groups -OCH3 is 2. The molecule has 0 bridgehead atoms. The molecular weight excluding hydrogens is 382 g/mol. The summed E-state index contributed by atoms with van der Waals surface area (Å²) in [5.74, 6) is 0.875. The lowest BCUT2D eigenvalue weighted by molar-refractivity contribution is 0.0683. The molecule has 2 aromatic carbocycles. The number of amides is 1. The molecule has 0 aliphatic carbocycles. The molecule has 0 heterocycles. The van der Waals surface area contributed by atoms with Crippen molar-refractivity contribution in [2.75, 3.05) is 20.5 Å². The van der Waals surface area contributed by atoms with Gasteiger partial charge in [-0.05, 0) is 43.7 Å². The first-order valence-corrected chi connectivity index (χ1v) is 10.5. The molecule has 0 radical (unpaired) electrons. The van der Waals surface area contributed by atoms with Crippen LogP contribution in [0.2, 0.25) is 0 Å². The first-order valence-electron chi connectivity index (χ1n) is 8.66. The predicted octanol–water partition coefficient (Wildman–Crippen LogP) is 3.09. The van der Waals surface area contributed by atoms with Gasteiger partial charge in [-0.25, -0.2) is 0 Å². The van der Waals surface area contributed by atoms with Gasteiger partial charge in [-0.1, -0.05) is 18.2 Å². The number of benzene rings is 2. The fourth-order valence-electron chi connectivity index (χ4n) is 2.72. The van der Waals surface area contributed by atoms with Crippen molar-refractivity contribution >= 4 is 16.0 Å². The summed E-state index contributed by atoms with van der Waals surface area (Å²) in [7, 11) is -0.572. The molecule has 0 N–H and O–H groups in total. The molecule has 2 rings (SSSR count). The van der Waals surface area contributed by atoms with Crippen LogP contribution >= 0.6 is 0 Å². The number of rotatable bonds is 8. The number of ether oxygens (including phenoxy) is 2. The third kappa shape index (κ3) is 5.39. The number of nitrogens with zero attached hydrogens (tertiary/aromatic N) is 1. The maximum atomic E-state index is 13.3. The molecule has 0 spiro atoms. The number of carbonyl (C=O) groups excluding carboxylic acids is 1. The molecule has 7 nitrogen and oxygen atoms in total. The van der Waals surface area contributed by atoms with Crippen LogP contribution < -0.4 is 13.7 Å². The fraction of sp³-hybridized carbons (Fsp3) is 0.350. The monoisotopic (exact) mass is 407 g/mol. The van der Waals surface area contributed by atoms with Crippen LogP contribution in [0.5, 0.6) is 17.2 Å². The number of hydrogen-bond acceptors (Lipinski definition) is 6. The van der Waals surface area contributed by atoms with Gasteiger partial charge in [0.05, 0.1) is 20.5 Å². The van der Waals surface area contributed by atoms with Crippen LogP contribution in [0.4, 0.5) is 0 Å². The second kappa shape index (κ2) is 8.97. The molecule has 0 atom stereocenters. The van der Waals surface area contributed by atoms with Crippen LogP contribution in [-0.2, 0) is 16.7 Å². The highest BCUT2D eigenvalue weighted by atomic mass is 32.2. The van der Waals surface area contributed by atoms with Crippen molar-refractivity contribution in [2.24, 2.45) is 0 Å². The summed E-state index contributed by atoms with van der Waals surface area (Å²) in [6, 6.07) is 11.7. The normalized spacial score (nSPS) is 11.2. The number of hydrogen-bond donors (Lipinski definition) is 0. The van der Waals surface area contributed by atoms with Gasteiger partial charge in [0.1, 0.15) is 22.8 Å². The van der Waals surface area contributed by atoms with Gasteiger partial charge in [-0.3, -0.25) is 4.79 Å². The largest absolute Gasteiger partial charge is 0.496 e. The minimum atomic E-state index is -3.58. The van der Waals surface area contributed by atoms with Crippen molar-refractivity contribution in [3.05, 3.63) is 53.6 Å². The number of carbonyl (C=O) groups is 1.